The van der Waals surface area contributed by atoms with Crippen molar-refractivity contribution in [2.45, 2.75) is 13.8 Å². The number of rotatable bonds is 6. The van der Waals surface area contributed by atoms with Crippen LogP contribution < -0.4 is 9.47 Å². The van der Waals surface area contributed by atoms with Crippen LogP contribution in [0.3, 0.4) is 0 Å². The van der Waals surface area contributed by atoms with Crippen LogP contribution in [-0.2, 0) is 9.53 Å². The lowest BCUT2D eigenvalue weighted by Crippen LogP contribution is -2.06. The minimum atomic E-state index is -0.500. The molecule has 0 saturated carbocycles. The van der Waals surface area contributed by atoms with Gasteiger partial charge in [-0.15, -0.1) is 0 Å². The molecule has 3 rings (SSSR count). The van der Waals surface area contributed by atoms with E-state index in [1.54, 1.807) is 19.3 Å². The molecule has 0 aromatic heterocycles. The summed E-state index contributed by atoms with van der Waals surface area (Å²) >= 11 is 2.26. The number of esters is 1. The third-order valence-corrected chi connectivity index (χ3v) is 5.22. The number of ether oxygens (including phenoxy) is 3. The second kappa shape index (κ2) is 8.60. The number of para-hydroxylation sites is 1. The van der Waals surface area contributed by atoms with E-state index in [0.717, 1.165) is 20.3 Å². The summed E-state index contributed by atoms with van der Waals surface area (Å²) in [7, 11) is 1.57. The lowest BCUT2D eigenvalue weighted by molar-refractivity contribution is -0.129. The average molecular weight is 489 g/mol. The number of aryl methyl sites for hydroxylation is 1. The number of halogens is 1. The van der Waals surface area contributed by atoms with Gasteiger partial charge in [0, 0.05) is 14.7 Å². The van der Waals surface area contributed by atoms with Gasteiger partial charge in [-0.05, 0) is 77.9 Å². The van der Waals surface area contributed by atoms with Crippen molar-refractivity contribution in [3.05, 3.63) is 74.5 Å². The fraction of sp³-hybridized carbons (Fsp3) is 0.182. The van der Waals surface area contributed by atoms with E-state index >= 15 is 0 Å². The van der Waals surface area contributed by atoms with Gasteiger partial charge in [0.2, 0.25) is 5.90 Å². The first-order valence-corrected chi connectivity index (χ1v) is 9.70. The van der Waals surface area contributed by atoms with Gasteiger partial charge in [-0.25, -0.2) is 9.79 Å². The van der Waals surface area contributed by atoms with Crippen LogP contribution in [0.25, 0.3) is 6.08 Å². The summed E-state index contributed by atoms with van der Waals surface area (Å²) in [5.41, 5.74) is 3.62. The molecular weight excluding hydrogens is 469 g/mol. The Kier molecular flexibility index (Phi) is 6.18. The predicted octanol–water partition coefficient (Wildman–Crippen LogP) is 4.91. The van der Waals surface area contributed by atoms with E-state index in [9.17, 15) is 4.79 Å². The van der Waals surface area contributed by atoms with Crippen molar-refractivity contribution in [3.63, 3.8) is 0 Å². The zero-order valence-electron chi connectivity index (χ0n) is 15.9. The van der Waals surface area contributed by atoms with Gasteiger partial charge < -0.3 is 14.2 Å². The predicted molar refractivity (Wildman–Crippen MR) is 118 cm³/mol. The molecular formula is C22H20INO4. The zero-order valence-corrected chi connectivity index (χ0v) is 18.1. The molecule has 0 fully saturated rings. The molecule has 0 atom stereocenters. The first-order valence-electron chi connectivity index (χ1n) is 8.62. The fourth-order valence-electron chi connectivity index (χ4n) is 2.61. The Balaban J connectivity index is 1.98. The van der Waals surface area contributed by atoms with Crippen molar-refractivity contribution in [1.82, 2.24) is 0 Å². The van der Waals surface area contributed by atoms with Crippen LogP contribution in [0.4, 0.5) is 0 Å². The highest BCUT2D eigenvalue weighted by Crippen LogP contribution is 2.34. The monoisotopic (exact) mass is 489 g/mol. The lowest BCUT2D eigenvalue weighted by Gasteiger charge is -2.13. The van der Waals surface area contributed by atoms with E-state index in [1.165, 1.54) is 0 Å². The first kappa shape index (κ1) is 20.1. The van der Waals surface area contributed by atoms with Gasteiger partial charge in [-0.1, -0.05) is 18.7 Å². The van der Waals surface area contributed by atoms with Crippen LogP contribution in [0.15, 0.2) is 59.2 Å². The quantitative estimate of drug-likeness (QED) is 0.251. The van der Waals surface area contributed by atoms with E-state index in [4.69, 9.17) is 14.2 Å². The lowest BCUT2D eigenvalue weighted by atomic mass is 10.1. The maximum absolute atomic E-state index is 12.4. The number of carbonyl (C=O) groups excluding carboxylic acids is 1. The first-order chi connectivity index (χ1) is 13.4. The van der Waals surface area contributed by atoms with Crippen molar-refractivity contribution in [2.24, 2.45) is 4.99 Å². The van der Waals surface area contributed by atoms with Crippen LogP contribution in [0.5, 0.6) is 11.5 Å². The molecule has 1 aliphatic heterocycles. The highest BCUT2D eigenvalue weighted by molar-refractivity contribution is 14.1. The Morgan fingerprint density at radius 2 is 2.11 bits per heavy atom. The van der Waals surface area contributed by atoms with E-state index in [2.05, 4.69) is 34.2 Å². The summed E-state index contributed by atoms with van der Waals surface area (Å²) in [5.74, 6) is 0.893. The standard InChI is InChI=1S/C22H20INO4/c1-13(2)12-27-20-15(6-5-7-19(20)26-4)11-18-22(25)28-21(24-18)16-8-9-17(23)14(3)10-16/h5-11H,1,12H2,2-4H3/b18-11-. The number of methoxy groups -OCH3 is 1. The van der Waals surface area contributed by atoms with Gasteiger partial charge in [0.15, 0.2) is 17.2 Å². The molecule has 6 heteroatoms. The van der Waals surface area contributed by atoms with E-state index < -0.39 is 5.97 Å². The van der Waals surface area contributed by atoms with Gasteiger partial charge in [-0.2, -0.15) is 0 Å². The Labute approximate surface area is 177 Å². The minimum Gasteiger partial charge on any atom is -0.493 e. The summed E-state index contributed by atoms with van der Waals surface area (Å²) in [6.07, 6.45) is 1.64. The molecule has 0 aliphatic carbocycles. The minimum absolute atomic E-state index is 0.208. The van der Waals surface area contributed by atoms with Gasteiger partial charge in [-0.3, -0.25) is 0 Å². The third-order valence-electron chi connectivity index (χ3n) is 4.01. The molecule has 0 unspecified atom stereocenters. The zero-order chi connectivity index (χ0) is 20.3. The van der Waals surface area contributed by atoms with Crippen molar-refractivity contribution >= 4 is 40.5 Å². The van der Waals surface area contributed by atoms with Crippen molar-refractivity contribution in [2.75, 3.05) is 13.7 Å². The molecule has 0 bridgehead atoms. The molecule has 2 aromatic rings. The Hall–Kier alpha value is -2.61. The molecule has 0 spiro atoms. The van der Waals surface area contributed by atoms with Crippen molar-refractivity contribution in [3.8, 4) is 11.5 Å². The van der Waals surface area contributed by atoms with Crippen molar-refractivity contribution in [1.29, 1.82) is 0 Å². The molecule has 0 N–H and O–H groups in total. The second-order valence-electron chi connectivity index (χ2n) is 6.42. The summed E-state index contributed by atoms with van der Waals surface area (Å²) in [5, 5.41) is 0. The number of aliphatic imine (C=N–C) groups is 1. The smallest absolute Gasteiger partial charge is 0.363 e. The van der Waals surface area contributed by atoms with Gasteiger partial charge in [0.05, 0.1) is 7.11 Å². The second-order valence-corrected chi connectivity index (χ2v) is 7.59. The SMILES string of the molecule is C=C(C)COc1c(/C=C2\N=C(c3ccc(I)c(C)c3)OC2=O)cccc1OC. The number of nitrogens with zero attached hydrogens (tertiary/aromatic N) is 1. The Bertz CT molecular complexity index is 1010. The molecule has 1 aliphatic rings. The molecule has 0 saturated heterocycles. The third kappa shape index (κ3) is 4.44. The molecule has 2 aromatic carbocycles. The maximum atomic E-state index is 12.4. The number of carbonyl (C=O) groups is 1. The van der Waals surface area contributed by atoms with Gasteiger partial charge >= 0.3 is 5.97 Å². The summed E-state index contributed by atoms with van der Waals surface area (Å²) in [6.45, 7) is 8.07. The van der Waals surface area contributed by atoms with Crippen molar-refractivity contribution < 1.29 is 19.0 Å². The number of cyclic esters (lactones) is 1. The summed E-state index contributed by atoms with van der Waals surface area (Å²) in [6, 6.07) is 11.3. The van der Waals surface area contributed by atoms with Gasteiger partial charge in [0.1, 0.15) is 6.61 Å². The molecule has 5 nitrogen and oxygen atoms in total. The molecule has 1 heterocycles. The van der Waals surface area contributed by atoms with Gasteiger partial charge in [0.25, 0.3) is 0 Å². The van der Waals surface area contributed by atoms with E-state index in [0.29, 0.717) is 29.6 Å². The Morgan fingerprint density at radius 3 is 2.79 bits per heavy atom. The normalized spacial score (nSPS) is 14.6. The summed E-state index contributed by atoms with van der Waals surface area (Å²) in [4.78, 5) is 16.7. The Morgan fingerprint density at radius 1 is 1.32 bits per heavy atom. The van der Waals surface area contributed by atoms with Crippen LogP contribution >= 0.6 is 22.6 Å². The van der Waals surface area contributed by atoms with Crippen LogP contribution in [0, 0.1) is 10.5 Å². The van der Waals surface area contributed by atoms with Crippen LogP contribution in [-0.4, -0.2) is 25.6 Å². The molecule has 144 valence electrons. The topological polar surface area (TPSA) is 57.1 Å². The number of hydrogen-bond donors (Lipinski definition) is 0. The van der Waals surface area contributed by atoms with Crippen LogP contribution in [0.1, 0.15) is 23.6 Å². The highest BCUT2D eigenvalue weighted by Gasteiger charge is 2.25. The molecule has 0 amide bonds. The van der Waals surface area contributed by atoms with E-state index in [1.807, 2.05) is 44.2 Å². The summed E-state index contributed by atoms with van der Waals surface area (Å²) < 4.78 is 17.7. The highest BCUT2D eigenvalue weighted by atomic mass is 127. The largest absolute Gasteiger partial charge is 0.493 e. The molecule has 0 radical (unpaired) electrons. The molecule has 28 heavy (non-hydrogen) atoms. The van der Waals surface area contributed by atoms with E-state index in [-0.39, 0.29) is 5.70 Å². The average Bonchev–Trinajstić information content (AvgIpc) is 3.03. The number of benzene rings is 2. The van der Waals surface area contributed by atoms with Crippen LogP contribution in [0.2, 0.25) is 0 Å². The fourth-order valence-corrected chi connectivity index (χ4v) is 2.95. The number of hydrogen-bond acceptors (Lipinski definition) is 5. The maximum Gasteiger partial charge on any atom is 0.363 e.